The molecule has 0 spiro atoms. The van der Waals surface area contributed by atoms with Gasteiger partial charge in [0, 0.05) is 10.9 Å². The SMILES string of the molecule is N#CC1(c2nc(-c3ccccc3)cs2)CCNCC1. The van der Waals surface area contributed by atoms with Crippen molar-refractivity contribution < 1.29 is 0 Å². The normalized spacial score (nSPS) is 17.8. The Kier molecular flexibility index (Phi) is 3.33. The van der Waals surface area contributed by atoms with Crippen molar-refractivity contribution in [1.29, 1.82) is 5.26 Å². The molecule has 19 heavy (non-hydrogen) atoms. The Labute approximate surface area is 116 Å². The second kappa shape index (κ2) is 5.12. The maximum Gasteiger partial charge on any atom is 0.114 e. The van der Waals surface area contributed by atoms with Crippen LogP contribution >= 0.6 is 11.3 Å². The van der Waals surface area contributed by atoms with E-state index in [2.05, 4.69) is 28.9 Å². The molecule has 2 heterocycles. The number of benzene rings is 1. The molecule has 1 aliphatic heterocycles. The molecule has 0 amide bonds. The molecule has 0 aliphatic carbocycles. The minimum absolute atomic E-state index is 0.386. The average molecular weight is 269 g/mol. The van der Waals surface area contributed by atoms with E-state index in [-0.39, 0.29) is 5.41 Å². The number of rotatable bonds is 2. The third-order valence-corrected chi connectivity index (χ3v) is 4.70. The van der Waals surface area contributed by atoms with Crippen LogP contribution in [0.3, 0.4) is 0 Å². The van der Waals surface area contributed by atoms with Crippen LogP contribution in [0.4, 0.5) is 0 Å². The third-order valence-electron chi connectivity index (χ3n) is 3.65. The fraction of sp³-hybridized carbons (Fsp3) is 0.333. The van der Waals surface area contributed by atoms with Crippen LogP contribution in [0.25, 0.3) is 11.3 Å². The van der Waals surface area contributed by atoms with Crippen molar-refractivity contribution in [3.05, 3.63) is 40.7 Å². The summed E-state index contributed by atoms with van der Waals surface area (Å²) in [4.78, 5) is 4.72. The Hall–Kier alpha value is -1.70. The van der Waals surface area contributed by atoms with E-state index in [4.69, 9.17) is 4.98 Å². The summed E-state index contributed by atoms with van der Waals surface area (Å²) in [6.07, 6.45) is 1.70. The van der Waals surface area contributed by atoms with E-state index in [1.165, 1.54) is 0 Å². The first-order valence-corrected chi connectivity index (χ1v) is 7.35. The van der Waals surface area contributed by atoms with Gasteiger partial charge in [-0.15, -0.1) is 11.3 Å². The molecule has 0 saturated carbocycles. The molecule has 1 saturated heterocycles. The van der Waals surface area contributed by atoms with Crippen LogP contribution in [0.2, 0.25) is 0 Å². The summed E-state index contributed by atoms with van der Waals surface area (Å²) in [6, 6.07) is 12.6. The molecule has 4 heteroatoms. The maximum absolute atomic E-state index is 9.56. The van der Waals surface area contributed by atoms with Gasteiger partial charge in [-0.05, 0) is 25.9 Å². The summed E-state index contributed by atoms with van der Waals surface area (Å²) >= 11 is 1.61. The van der Waals surface area contributed by atoms with Crippen molar-refractivity contribution in [2.24, 2.45) is 0 Å². The summed E-state index contributed by atoms with van der Waals surface area (Å²) in [5, 5.41) is 15.9. The molecule has 3 nitrogen and oxygen atoms in total. The van der Waals surface area contributed by atoms with Gasteiger partial charge in [-0.1, -0.05) is 30.3 Å². The molecule has 1 aromatic carbocycles. The fourth-order valence-corrected chi connectivity index (χ4v) is 3.50. The van der Waals surface area contributed by atoms with Crippen LogP contribution in [0.1, 0.15) is 17.8 Å². The van der Waals surface area contributed by atoms with E-state index in [9.17, 15) is 5.26 Å². The second-order valence-corrected chi connectivity index (χ2v) is 5.71. The van der Waals surface area contributed by atoms with Gasteiger partial charge in [0.2, 0.25) is 0 Å². The maximum atomic E-state index is 9.56. The first-order valence-electron chi connectivity index (χ1n) is 6.47. The zero-order valence-electron chi connectivity index (χ0n) is 10.6. The molecule has 1 aromatic heterocycles. The zero-order valence-corrected chi connectivity index (χ0v) is 11.4. The molecule has 0 bridgehead atoms. The number of nitriles is 1. The summed E-state index contributed by atoms with van der Waals surface area (Å²) in [5.74, 6) is 0. The highest BCUT2D eigenvalue weighted by molar-refractivity contribution is 7.10. The van der Waals surface area contributed by atoms with Crippen LogP contribution < -0.4 is 5.32 Å². The Balaban J connectivity index is 1.95. The van der Waals surface area contributed by atoms with Crippen LogP contribution in [0.15, 0.2) is 35.7 Å². The Bertz CT molecular complexity index is 591. The minimum Gasteiger partial charge on any atom is -0.317 e. The molecule has 96 valence electrons. The van der Waals surface area contributed by atoms with Gasteiger partial charge >= 0.3 is 0 Å². The van der Waals surface area contributed by atoms with Crippen molar-refractivity contribution >= 4 is 11.3 Å². The van der Waals surface area contributed by atoms with E-state index in [0.29, 0.717) is 0 Å². The van der Waals surface area contributed by atoms with Gasteiger partial charge in [-0.3, -0.25) is 0 Å². The number of aromatic nitrogens is 1. The molecule has 3 rings (SSSR count). The molecule has 0 atom stereocenters. The molecule has 1 N–H and O–H groups in total. The third kappa shape index (κ3) is 2.27. The lowest BCUT2D eigenvalue weighted by Crippen LogP contribution is -2.38. The summed E-state index contributed by atoms with van der Waals surface area (Å²) in [7, 11) is 0. The summed E-state index contributed by atoms with van der Waals surface area (Å²) < 4.78 is 0. The standard InChI is InChI=1S/C15H15N3S/c16-11-15(6-8-17-9-7-15)14-18-13(10-19-14)12-4-2-1-3-5-12/h1-5,10,17H,6-9H2. The number of thiazole rings is 1. The number of hydrogen-bond donors (Lipinski definition) is 1. The quantitative estimate of drug-likeness (QED) is 0.912. The van der Waals surface area contributed by atoms with Crippen LogP contribution in [-0.4, -0.2) is 18.1 Å². The van der Waals surface area contributed by atoms with Gasteiger partial charge in [-0.25, -0.2) is 4.98 Å². The highest BCUT2D eigenvalue weighted by Crippen LogP contribution is 2.36. The average Bonchev–Trinajstić information content (AvgIpc) is 2.99. The van der Waals surface area contributed by atoms with Gasteiger partial charge in [0.1, 0.15) is 10.4 Å². The highest BCUT2D eigenvalue weighted by atomic mass is 32.1. The number of hydrogen-bond acceptors (Lipinski definition) is 4. The lowest BCUT2D eigenvalue weighted by Gasteiger charge is -2.29. The van der Waals surface area contributed by atoms with Gasteiger partial charge < -0.3 is 5.32 Å². The second-order valence-electron chi connectivity index (χ2n) is 4.85. The van der Waals surface area contributed by atoms with Crippen molar-refractivity contribution in [2.75, 3.05) is 13.1 Å². The largest absolute Gasteiger partial charge is 0.317 e. The van der Waals surface area contributed by atoms with Crippen LogP contribution in [0.5, 0.6) is 0 Å². The first kappa shape index (κ1) is 12.3. The predicted octanol–water partition coefficient (Wildman–Crippen LogP) is 2.95. The summed E-state index contributed by atoms with van der Waals surface area (Å²) in [5.41, 5.74) is 1.71. The van der Waals surface area contributed by atoms with E-state index in [0.717, 1.165) is 42.2 Å². The molecular formula is C15H15N3S. The van der Waals surface area contributed by atoms with Crippen molar-refractivity contribution in [1.82, 2.24) is 10.3 Å². The lowest BCUT2D eigenvalue weighted by atomic mass is 9.81. The molecule has 1 fully saturated rings. The van der Waals surface area contributed by atoms with Crippen LogP contribution in [0, 0.1) is 11.3 Å². The first-order chi connectivity index (χ1) is 9.34. The molecule has 2 aromatic rings. The zero-order chi connectivity index (χ0) is 13.1. The Morgan fingerprint density at radius 3 is 2.63 bits per heavy atom. The Morgan fingerprint density at radius 1 is 1.21 bits per heavy atom. The van der Waals surface area contributed by atoms with Gasteiger partial charge in [-0.2, -0.15) is 5.26 Å². The van der Waals surface area contributed by atoms with Crippen molar-refractivity contribution in [2.45, 2.75) is 18.3 Å². The van der Waals surface area contributed by atoms with Gasteiger partial charge in [0.15, 0.2) is 0 Å². The van der Waals surface area contributed by atoms with E-state index in [1.807, 2.05) is 18.2 Å². The topological polar surface area (TPSA) is 48.7 Å². The van der Waals surface area contributed by atoms with Crippen molar-refractivity contribution in [3.8, 4) is 17.3 Å². The predicted molar refractivity (Wildman–Crippen MR) is 76.9 cm³/mol. The van der Waals surface area contributed by atoms with Crippen molar-refractivity contribution in [3.63, 3.8) is 0 Å². The summed E-state index contributed by atoms with van der Waals surface area (Å²) in [6.45, 7) is 1.79. The number of nitrogens with zero attached hydrogens (tertiary/aromatic N) is 2. The van der Waals surface area contributed by atoms with E-state index >= 15 is 0 Å². The van der Waals surface area contributed by atoms with Gasteiger partial charge in [0.25, 0.3) is 0 Å². The monoisotopic (exact) mass is 269 g/mol. The number of piperidine rings is 1. The fourth-order valence-electron chi connectivity index (χ4n) is 2.46. The highest BCUT2D eigenvalue weighted by Gasteiger charge is 2.36. The number of nitrogens with one attached hydrogen (secondary N) is 1. The molecule has 1 aliphatic rings. The molecule has 0 radical (unpaired) electrons. The smallest absolute Gasteiger partial charge is 0.114 e. The van der Waals surface area contributed by atoms with Crippen LogP contribution in [-0.2, 0) is 5.41 Å². The lowest BCUT2D eigenvalue weighted by molar-refractivity contribution is 0.381. The Morgan fingerprint density at radius 2 is 1.95 bits per heavy atom. The minimum atomic E-state index is -0.386. The molecule has 0 unspecified atom stereocenters. The van der Waals surface area contributed by atoms with E-state index in [1.54, 1.807) is 11.3 Å². The van der Waals surface area contributed by atoms with Gasteiger partial charge in [0.05, 0.1) is 11.8 Å². The van der Waals surface area contributed by atoms with E-state index < -0.39 is 0 Å². The molecular weight excluding hydrogens is 254 g/mol.